The van der Waals surface area contributed by atoms with Crippen LogP contribution in [0.5, 0.6) is 11.5 Å². The molecule has 49 heavy (non-hydrogen) atoms. The zero-order valence-corrected chi connectivity index (χ0v) is 32.7. The fourth-order valence-corrected chi connectivity index (χ4v) is 7.69. The van der Waals surface area contributed by atoms with Crippen molar-refractivity contribution in [3.8, 4) is 11.5 Å². The van der Waals surface area contributed by atoms with E-state index < -0.39 is 0 Å². The van der Waals surface area contributed by atoms with Crippen molar-refractivity contribution in [2.24, 2.45) is 10.9 Å². The quantitative estimate of drug-likeness (QED) is 0.182. The smallest absolute Gasteiger partial charge is 0.518 e. The average Bonchev–Trinajstić information content (AvgIpc) is 3.72. The van der Waals surface area contributed by atoms with Gasteiger partial charge in [0, 0.05) is 34.4 Å². The average molecular weight is 835 g/mol. The largest absolute Gasteiger partial charge is 2.00 e. The van der Waals surface area contributed by atoms with E-state index in [1.807, 2.05) is 18.3 Å². The van der Waals surface area contributed by atoms with Crippen molar-refractivity contribution < 1.29 is 30.5 Å². The molecule has 0 amide bonds. The number of rotatable bonds is 6. The van der Waals surface area contributed by atoms with Crippen LogP contribution >= 0.6 is 0 Å². The topological polar surface area (TPSA) is 47.0 Å². The molecule has 1 atom stereocenters. The standard InChI is InChI=1S/C43H49N3O2.Pt/c1-27(2)29-21-30(40-45-43(9,26-47-40)31-13-10-11-14-31)23-35(22-29)48-34-20-28(3)19-33(25-34)46-38-17-16-32(41(4,5)6)24-37(38)42(7,8)36-15-12-18-44-39(36)46;/h12,15-22,24,27,31H,10-11,13-14,26H2,1-9H3;/q-2;+2/t43-;/m0./s1. The van der Waals surface area contributed by atoms with Crippen LogP contribution in [0.25, 0.3) is 0 Å². The first-order valence-corrected chi connectivity index (χ1v) is 17.7. The van der Waals surface area contributed by atoms with E-state index >= 15 is 0 Å². The summed E-state index contributed by atoms with van der Waals surface area (Å²) in [5.74, 6) is 3.74. The molecule has 0 N–H and O–H groups in total. The van der Waals surface area contributed by atoms with Gasteiger partial charge in [-0.05, 0) is 60.3 Å². The van der Waals surface area contributed by atoms with Crippen molar-refractivity contribution in [1.29, 1.82) is 0 Å². The van der Waals surface area contributed by atoms with E-state index in [-0.39, 0.29) is 37.4 Å². The number of anilines is 3. The number of aromatic nitrogens is 1. The van der Waals surface area contributed by atoms with Gasteiger partial charge >= 0.3 is 21.1 Å². The number of benzene rings is 3. The number of aliphatic imine (C=N–C) groups is 1. The van der Waals surface area contributed by atoms with E-state index in [1.165, 1.54) is 42.4 Å². The van der Waals surface area contributed by atoms with Crippen molar-refractivity contribution in [2.45, 2.75) is 110 Å². The van der Waals surface area contributed by atoms with Crippen molar-refractivity contribution in [3.05, 3.63) is 106 Å². The van der Waals surface area contributed by atoms with Gasteiger partial charge in [-0.25, -0.2) is 4.98 Å². The first kappa shape index (κ1) is 35.4. The second kappa shape index (κ2) is 13.0. The monoisotopic (exact) mass is 834 g/mol. The van der Waals surface area contributed by atoms with Crippen LogP contribution in [-0.4, -0.2) is 23.0 Å². The molecule has 1 saturated carbocycles. The summed E-state index contributed by atoms with van der Waals surface area (Å²) in [5.41, 5.74) is 8.50. The summed E-state index contributed by atoms with van der Waals surface area (Å²) in [6.07, 6.45) is 6.90. The third-order valence-electron chi connectivity index (χ3n) is 10.7. The van der Waals surface area contributed by atoms with Crippen molar-refractivity contribution >= 4 is 23.1 Å². The Balaban J connectivity index is 0.00000417. The van der Waals surface area contributed by atoms with Crippen LogP contribution in [0.2, 0.25) is 0 Å². The van der Waals surface area contributed by atoms with E-state index in [0.717, 1.165) is 33.9 Å². The number of nitrogens with zero attached hydrogens (tertiary/aromatic N) is 3. The second-order valence-corrected chi connectivity index (χ2v) is 16.2. The summed E-state index contributed by atoms with van der Waals surface area (Å²) in [4.78, 5) is 12.4. The van der Waals surface area contributed by atoms with E-state index in [0.29, 0.717) is 35.8 Å². The second-order valence-electron chi connectivity index (χ2n) is 16.2. The predicted octanol–water partition coefficient (Wildman–Crippen LogP) is 11.0. The fraction of sp³-hybridized carbons (Fsp3) is 0.442. The van der Waals surface area contributed by atoms with E-state index in [1.54, 1.807) is 0 Å². The minimum Gasteiger partial charge on any atom is -0.518 e. The van der Waals surface area contributed by atoms with Gasteiger partial charge in [-0.2, -0.15) is 5.56 Å². The van der Waals surface area contributed by atoms with Gasteiger partial charge in [-0.3, -0.25) is 4.99 Å². The van der Waals surface area contributed by atoms with Crippen LogP contribution in [0.1, 0.15) is 120 Å². The first-order valence-electron chi connectivity index (χ1n) is 17.7. The zero-order valence-electron chi connectivity index (χ0n) is 30.4. The van der Waals surface area contributed by atoms with Crippen LogP contribution in [-0.2, 0) is 36.6 Å². The molecule has 3 aliphatic rings. The molecule has 3 heterocycles. The Morgan fingerprint density at radius 3 is 2.39 bits per heavy atom. The summed E-state index contributed by atoms with van der Waals surface area (Å²) in [6.45, 7) is 20.8. The van der Waals surface area contributed by atoms with Gasteiger partial charge in [0.05, 0.1) is 5.54 Å². The molecular formula is C43H49N3O2Pt. The molecule has 1 aliphatic carbocycles. The molecule has 1 fully saturated rings. The Bertz CT molecular complexity index is 1900. The minimum absolute atomic E-state index is 0. The number of fused-ring (bicyclic) bond motifs is 2. The fourth-order valence-electron chi connectivity index (χ4n) is 7.69. The number of hydrogen-bond acceptors (Lipinski definition) is 5. The molecule has 7 rings (SSSR count). The maximum atomic E-state index is 6.65. The Morgan fingerprint density at radius 1 is 0.939 bits per heavy atom. The van der Waals surface area contributed by atoms with Crippen LogP contribution in [0.4, 0.5) is 17.2 Å². The molecule has 4 aromatic rings. The summed E-state index contributed by atoms with van der Waals surface area (Å²) >= 11 is 0. The zero-order chi connectivity index (χ0) is 34.0. The maximum absolute atomic E-state index is 6.65. The molecule has 0 spiro atoms. The molecule has 6 heteroatoms. The molecule has 0 radical (unpaired) electrons. The molecule has 0 unspecified atom stereocenters. The van der Waals surface area contributed by atoms with E-state index in [2.05, 4.69) is 122 Å². The van der Waals surface area contributed by atoms with Gasteiger partial charge in [-0.1, -0.05) is 110 Å². The molecule has 1 aromatic heterocycles. The number of ether oxygens (including phenoxy) is 2. The number of pyridine rings is 1. The molecule has 2 aliphatic heterocycles. The van der Waals surface area contributed by atoms with Gasteiger partial charge in [-0.15, -0.1) is 29.8 Å². The van der Waals surface area contributed by atoms with Crippen LogP contribution in [0, 0.1) is 25.0 Å². The van der Waals surface area contributed by atoms with Crippen LogP contribution < -0.4 is 9.64 Å². The van der Waals surface area contributed by atoms with Gasteiger partial charge in [0.2, 0.25) is 0 Å². The van der Waals surface area contributed by atoms with Crippen LogP contribution in [0.3, 0.4) is 0 Å². The molecule has 5 nitrogen and oxygen atoms in total. The third-order valence-corrected chi connectivity index (χ3v) is 10.7. The Hall–Kier alpha value is -3.43. The molecule has 3 aromatic carbocycles. The Morgan fingerprint density at radius 2 is 1.67 bits per heavy atom. The minimum atomic E-state index is -0.221. The summed E-state index contributed by atoms with van der Waals surface area (Å²) in [6, 6.07) is 26.7. The van der Waals surface area contributed by atoms with E-state index in [4.69, 9.17) is 19.5 Å². The van der Waals surface area contributed by atoms with Crippen molar-refractivity contribution in [3.63, 3.8) is 0 Å². The molecule has 0 bridgehead atoms. The number of hydrogen-bond donors (Lipinski definition) is 0. The predicted molar refractivity (Wildman–Crippen MR) is 196 cm³/mol. The van der Waals surface area contributed by atoms with Gasteiger partial charge in [0.25, 0.3) is 0 Å². The summed E-state index contributed by atoms with van der Waals surface area (Å²) < 4.78 is 12.9. The first-order chi connectivity index (χ1) is 22.7. The van der Waals surface area contributed by atoms with Crippen molar-refractivity contribution in [1.82, 2.24) is 4.98 Å². The SMILES string of the molecule is Cc1cc(Oc2[c-]c(C3=N[C@](C)(C4CCCC4)CO3)cc(C(C)C)c2)[c-]c(N2c3ccc(C(C)(C)C)cc3C(C)(C)c3cccnc32)c1.[Pt+2]. The van der Waals surface area contributed by atoms with Gasteiger partial charge in [0.1, 0.15) is 18.3 Å². The third kappa shape index (κ3) is 6.61. The Kier molecular flexibility index (Phi) is 9.41. The molecule has 0 saturated heterocycles. The molecule has 258 valence electrons. The normalized spacial score (nSPS) is 20.0. The summed E-state index contributed by atoms with van der Waals surface area (Å²) in [5, 5.41) is 0. The number of aryl methyl sites for hydroxylation is 1. The Labute approximate surface area is 307 Å². The van der Waals surface area contributed by atoms with E-state index in [9.17, 15) is 0 Å². The summed E-state index contributed by atoms with van der Waals surface area (Å²) in [7, 11) is 0. The van der Waals surface area contributed by atoms with Crippen molar-refractivity contribution in [2.75, 3.05) is 11.5 Å². The van der Waals surface area contributed by atoms with Gasteiger partial charge in [0.15, 0.2) is 0 Å². The van der Waals surface area contributed by atoms with Gasteiger partial charge < -0.3 is 14.4 Å². The maximum Gasteiger partial charge on any atom is 2.00 e. The molecular weight excluding hydrogens is 786 g/mol. The van der Waals surface area contributed by atoms with Crippen LogP contribution in [0.15, 0.2) is 65.8 Å².